The lowest BCUT2D eigenvalue weighted by atomic mass is 10.1. The van der Waals surface area contributed by atoms with E-state index in [1.54, 1.807) is 0 Å². The van der Waals surface area contributed by atoms with Gasteiger partial charge in [0.15, 0.2) is 0 Å². The molecule has 1 heterocycles. The number of benzene rings is 1. The Morgan fingerprint density at radius 3 is 2.82 bits per heavy atom. The van der Waals surface area contributed by atoms with E-state index in [4.69, 9.17) is 5.11 Å². The molecule has 1 saturated carbocycles. The third-order valence-corrected chi connectivity index (χ3v) is 4.48. The van der Waals surface area contributed by atoms with E-state index in [1.807, 2.05) is 19.2 Å². The minimum absolute atomic E-state index is 0.0884. The summed E-state index contributed by atoms with van der Waals surface area (Å²) in [5.74, 6) is -0.894. The number of carbonyl (C=O) groups is 2. The summed E-state index contributed by atoms with van der Waals surface area (Å²) in [5.41, 5.74) is 2.68. The first-order chi connectivity index (χ1) is 10.5. The largest absolute Gasteiger partial charge is 0.481 e. The average molecular weight is 300 g/mol. The van der Waals surface area contributed by atoms with Crippen molar-refractivity contribution >= 4 is 22.8 Å². The van der Waals surface area contributed by atoms with Gasteiger partial charge in [-0.3, -0.25) is 9.59 Å². The molecule has 2 aromatic rings. The van der Waals surface area contributed by atoms with Gasteiger partial charge in [-0.15, -0.1) is 0 Å². The number of aromatic amines is 1. The van der Waals surface area contributed by atoms with Gasteiger partial charge in [0, 0.05) is 30.1 Å². The first kappa shape index (κ1) is 14.6. The molecule has 0 saturated heterocycles. The van der Waals surface area contributed by atoms with E-state index in [9.17, 15) is 9.59 Å². The first-order valence-electron chi connectivity index (χ1n) is 7.57. The number of aromatic nitrogens is 1. The molecule has 1 fully saturated rings. The number of carboxylic acids is 1. The molecular formula is C17H20N2O3. The molecule has 3 rings (SSSR count). The second kappa shape index (κ2) is 5.48. The maximum atomic E-state index is 11.9. The van der Waals surface area contributed by atoms with Gasteiger partial charge in [-0.05, 0) is 43.9 Å². The quantitative estimate of drug-likeness (QED) is 0.766. The summed E-state index contributed by atoms with van der Waals surface area (Å²) in [6, 6.07) is 6.21. The summed E-state index contributed by atoms with van der Waals surface area (Å²) >= 11 is 0. The Balaban J connectivity index is 1.56. The fourth-order valence-corrected chi connectivity index (χ4v) is 2.72. The molecule has 5 nitrogen and oxygen atoms in total. The van der Waals surface area contributed by atoms with E-state index in [-0.39, 0.29) is 12.5 Å². The molecule has 0 unspecified atom stereocenters. The zero-order valence-electron chi connectivity index (χ0n) is 12.6. The molecule has 0 aliphatic heterocycles. The van der Waals surface area contributed by atoms with Crippen LogP contribution in [0.1, 0.15) is 30.4 Å². The summed E-state index contributed by atoms with van der Waals surface area (Å²) < 4.78 is 0. The van der Waals surface area contributed by atoms with Crippen LogP contribution >= 0.6 is 0 Å². The van der Waals surface area contributed by atoms with E-state index in [0.29, 0.717) is 25.7 Å². The van der Waals surface area contributed by atoms with Gasteiger partial charge in [0.25, 0.3) is 0 Å². The van der Waals surface area contributed by atoms with E-state index >= 15 is 0 Å². The third kappa shape index (κ3) is 2.84. The summed E-state index contributed by atoms with van der Waals surface area (Å²) in [7, 11) is 0. The predicted molar refractivity (Wildman–Crippen MR) is 83.7 cm³/mol. The monoisotopic (exact) mass is 300 g/mol. The molecule has 1 aromatic heterocycles. The molecule has 3 N–H and O–H groups in total. The van der Waals surface area contributed by atoms with Crippen molar-refractivity contribution in [3.63, 3.8) is 0 Å². The van der Waals surface area contributed by atoms with Crippen LogP contribution < -0.4 is 5.32 Å². The molecule has 0 spiro atoms. The number of aryl methyl sites for hydroxylation is 2. The molecule has 0 radical (unpaired) electrons. The summed E-state index contributed by atoms with van der Waals surface area (Å²) in [4.78, 5) is 26.2. The molecule has 116 valence electrons. The maximum absolute atomic E-state index is 11.9. The van der Waals surface area contributed by atoms with Crippen molar-refractivity contribution in [2.45, 2.75) is 32.6 Å². The number of hydrogen-bond acceptors (Lipinski definition) is 2. The van der Waals surface area contributed by atoms with Crippen molar-refractivity contribution in [1.82, 2.24) is 10.3 Å². The van der Waals surface area contributed by atoms with Crippen LogP contribution in [0.25, 0.3) is 10.9 Å². The standard InChI is InChI=1S/C17H20N2O3/c1-11-2-4-14-13(8-11)12(9-18-14)3-5-15(20)19-10-17(6-7-17)16(21)22/h2,4,8-9,18H,3,5-7,10H2,1H3,(H,19,20)(H,21,22). The number of fused-ring (bicyclic) bond motifs is 1. The topological polar surface area (TPSA) is 82.2 Å². The summed E-state index contributed by atoms with van der Waals surface area (Å²) in [6.07, 6.45) is 4.28. The van der Waals surface area contributed by atoms with Gasteiger partial charge in [-0.2, -0.15) is 0 Å². The van der Waals surface area contributed by atoms with Gasteiger partial charge in [-0.25, -0.2) is 0 Å². The van der Waals surface area contributed by atoms with Crippen molar-refractivity contribution in [3.8, 4) is 0 Å². The Bertz CT molecular complexity index is 729. The smallest absolute Gasteiger partial charge is 0.311 e. The number of aliphatic carboxylic acids is 1. The number of rotatable bonds is 6. The van der Waals surface area contributed by atoms with E-state index < -0.39 is 11.4 Å². The van der Waals surface area contributed by atoms with Gasteiger partial charge >= 0.3 is 5.97 Å². The normalized spacial score (nSPS) is 15.7. The first-order valence-corrected chi connectivity index (χ1v) is 7.57. The van der Waals surface area contributed by atoms with Crippen LogP contribution in [-0.4, -0.2) is 28.5 Å². The van der Waals surface area contributed by atoms with Gasteiger partial charge in [0.05, 0.1) is 5.41 Å². The van der Waals surface area contributed by atoms with Crippen LogP contribution in [0.5, 0.6) is 0 Å². The Hall–Kier alpha value is -2.30. The third-order valence-electron chi connectivity index (χ3n) is 4.48. The fraction of sp³-hybridized carbons (Fsp3) is 0.412. The molecule has 1 aromatic carbocycles. The van der Waals surface area contributed by atoms with Crippen LogP contribution in [0.4, 0.5) is 0 Å². The molecular weight excluding hydrogens is 280 g/mol. The molecule has 22 heavy (non-hydrogen) atoms. The van der Waals surface area contributed by atoms with E-state index in [0.717, 1.165) is 16.5 Å². The van der Waals surface area contributed by atoms with Gasteiger partial charge in [0.2, 0.25) is 5.91 Å². The van der Waals surface area contributed by atoms with Crippen LogP contribution in [0.2, 0.25) is 0 Å². The number of nitrogens with one attached hydrogen (secondary N) is 2. The molecule has 0 atom stereocenters. The van der Waals surface area contributed by atoms with Crippen LogP contribution in [0.15, 0.2) is 24.4 Å². The highest BCUT2D eigenvalue weighted by Gasteiger charge is 2.50. The van der Waals surface area contributed by atoms with Crippen molar-refractivity contribution in [2.75, 3.05) is 6.54 Å². The van der Waals surface area contributed by atoms with Crippen molar-refractivity contribution in [1.29, 1.82) is 0 Å². The van der Waals surface area contributed by atoms with E-state index in [1.165, 1.54) is 5.56 Å². The number of amides is 1. The zero-order chi connectivity index (χ0) is 15.7. The molecule has 1 aliphatic rings. The second-order valence-corrected chi connectivity index (χ2v) is 6.23. The lowest BCUT2D eigenvalue weighted by Crippen LogP contribution is -2.34. The predicted octanol–water partition coefficient (Wildman–Crippen LogP) is 2.39. The number of hydrogen-bond donors (Lipinski definition) is 3. The summed E-state index contributed by atoms with van der Waals surface area (Å²) in [5, 5.41) is 13.0. The highest BCUT2D eigenvalue weighted by Crippen LogP contribution is 2.45. The Kier molecular flexibility index (Phi) is 3.64. The van der Waals surface area contributed by atoms with Gasteiger partial charge in [-0.1, -0.05) is 11.6 Å². The number of carboxylic acid groups (broad SMARTS) is 1. The van der Waals surface area contributed by atoms with Crippen molar-refractivity contribution < 1.29 is 14.7 Å². The molecule has 5 heteroatoms. The minimum Gasteiger partial charge on any atom is -0.481 e. The molecule has 1 amide bonds. The Morgan fingerprint density at radius 1 is 1.36 bits per heavy atom. The maximum Gasteiger partial charge on any atom is 0.311 e. The van der Waals surface area contributed by atoms with Crippen molar-refractivity contribution in [2.24, 2.45) is 5.41 Å². The second-order valence-electron chi connectivity index (χ2n) is 6.23. The molecule has 0 bridgehead atoms. The van der Waals surface area contributed by atoms with Crippen LogP contribution in [0, 0.1) is 12.3 Å². The number of H-pyrrole nitrogens is 1. The molecule has 1 aliphatic carbocycles. The van der Waals surface area contributed by atoms with Gasteiger partial charge in [0.1, 0.15) is 0 Å². The van der Waals surface area contributed by atoms with E-state index in [2.05, 4.69) is 22.4 Å². The fourth-order valence-electron chi connectivity index (χ4n) is 2.72. The summed E-state index contributed by atoms with van der Waals surface area (Å²) in [6.45, 7) is 2.29. The Morgan fingerprint density at radius 2 is 2.14 bits per heavy atom. The lowest BCUT2D eigenvalue weighted by Gasteiger charge is -2.10. The highest BCUT2D eigenvalue weighted by molar-refractivity contribution is 5.85. The van der Waals surface area contributed by atoms with Crippen LogP contribution in [-0.2, 0) is 16.0 Å². The van der Waals surface area contributed by atoms with Gasteiger partial charge < -0.3 is 15.4 Å². The minimum atomic E-state index is -0.806. The average Bonchev–Trinajstić information content (AvgIpc) is 3.19. The lowest BCUT2D eigenvalue weighted by molar-refractivity contribution is -0.143. The van der Waals surface area contributed by atoms with Crippen LogP contribution in [0.3, 0.4) is 0 Å². The zero-order valence-corrected chi connectivity index (χ0v) is 12.6. The van der Waals surface area contributed by atoms with Crippen molar-refractivity contribution in [3.05, 3.63) is 35.5 Å². The highest BCUT2D eigenvalue weighted by atomic mass is 16.4. The Labute approximate surface area is 128 Å². The SMILES string of the molecule is Cc1ccc2[nH]cc(CCC(=O)NCC3(C(=O)O)CC3)c2c1. The number of carbonyl (C=O) groups excluding carboxylic acids is 1.